The van der Waals surface area contributed by atoms with Crippen molar-refractivity contribution in [2.45, 2.75) is 20.8 Å². The summed E-state index contributed by atoms with van der Waals surface area (Å²) in [5.74, 6) is -1.94. The summed E-state index contributed by atoms with van der Waals surface area (Å²) in [5.41, 5.74) is 1.47. The van der Waals surface area contributed by atoms with Crippen molar-refractivity contribution in [3.8, 4) is 17.2 Å². The zero-order valence-corrected chi connectivity index (χ0v) is 19.2. The quantitative estimate of drug-likeness (QED) is 0.224. The number of ketones is 1. The van der Waals surface area contributed by atoms with Crippen molar-refractivity contribution in [2.75, 3.05) is 0 Å². The Bertz CT molecular complexity index is 1210. The summed E-state index contributed by atoms with van der Waals surface area (Å²) in [5, 5.41) is 0. The Kier molecular flexibility index (Phi) is 8.61. The van der Waals surface area contributed by atoms with E-state index in [1.807, 2.05) is 0 Å². The second-order valence-corrected chi connectivity index (χ2v) is 7.44. The van der Waals surface area contributed by atoms with E-state index in [0.29, 0.717) is 11.1 Å². The Balaban J connectivity index is 2.22. The molecule has 0 aliphatic rings. The lowest BCUT2D eigenvalue weighted by Crippen LogP contribution is -2.12. The van der Waals surface area contributed by atoms with Crippen molar-refractivity contribution in [1.29, 1.82) is 0 Å². The van der Waals surface area contributed by atoms with Crippen LogP contribution in [0.3, 0.4) is 0 Å². The van der Waals surface area contributed by atoms with Gasteiger partial charge in [-0.05, 0) is 68.8 Å². The minimum atomic E-state index is -0.697. The molecule has 0 aliphatic heterocycles. The van der Waals surface area contributed by atoms with Gasteiger partial charge in [0.1, 0.15) is 5.75 Å². The maximum absolute atomic E-state index is 12.5. The molecule has 0 saturated carbocycles. The third kappa shape index (κ3) is 7.27. The molecule has 2 aromatic rings. The first-order valence-electron chi connectivity index (χ1n) is 10.1. The summed E-state index contributed by atoms with van der Waals surface area (Å²) >= 11 is 0. The van der Waals surface area contributed by atoms with Crippen molar-refractivity contribution < 1.29 is 33.4 Å². The molecule has 7 heteroatoms. The largest absolute Gasteiger partial charge is 0.423 e. The molecule has 0 saturated heterocycles. The summed E-state index contributed by atoms with van der Waals surface area (Å²) in [4.78, 5) is 48.0. The van der Waals surface area contributed by atoms with Crippen LogP contribution in [0.2, 0.25) is 0 Å². The van der Waals surface area contributed by atoms with Crippen LogP contribution in [0.4, 0.5) is 0 Å². The number of benzene rings is 2. The molecule has 0 unspecified atom stereocenters. The van der Waals surface area contributed by atoms with Crippen LogP contribution in [0.5, 0.6) is 17.2 Å². The zero-order chi connectivity index (χ0) is 25.4. The monoisotopic (exact) mass is 460 g/mol. The first-order chi connectivity index (χ1) is 16.0. The Morgan fingerprint density at radius 2 is 1.18 bits per heavy atom. The highest BCUT2D eigenvalue weighted by Crippen LogP contribution is 2.30. The smallest absolute Gasteiger partial charge is 0.338 e. The van der Waals surface area contributed by atoms with Gasteiger partial charge < -0.3 is 14.2 Å². The number of hydrogen-bond acceptors (Lipinski definition) is 7. The van der Waals surface area contributed by atoms with E-state index >= 15 is 0 Å². The van der Waals surface area contributed by atoms with E-state index in [0.717, 1.165) is 0 Å². The SMILES string of the molecule is C=C(C)C(=O)Oc1ccc(C(=O)/C=C/c2ccc(OC(=O)C(=C)C)c(OC(=O)C(=C)C)c2)cc1. The number of rotatable bonds is 9. The highest BCUT2D eigenvalue weighted by atomic mass is 16.6. The van der Waals surface area contributed by atoms with Gasteiger partial charge in [0.05, 0.1) is 0 Å². The summed E-state index contributed by atoms with van der Waals surface area (Å²) in [6.45, 7) is 15.1. The molecule has 0 fully saturated rings. The van der Waals surface area contributed by atoms with E-state index in [2.05, 4.69) is 19.7 Å². The molecular weight excluding hydrogens is 436 g/mol. The third-order valence-corrected chi connectivity index (χ3v) is 4.20. The second-order valence-electron chi connectivity index (χ2n) is 7.44. The van der Waals surface area contributed by atoms with Crippen molar-refractivity contribution in [2.24, 2.45) is 0 Å². The third-order valence-electron chi connectivity index (χ3n) is 4.20. The van der Waals surface area contributed by atoms with Crippen LogP contribution in [0, 0.1) is 0 Å². The fourth-order valence-corrected chi connectivity index (χ4v) is 2.32. The minimum Gasteiger partial charge on any atom is -0.423 e. The Hall–Kier alpha value is -4.52. The number of esters is 3. The molecule has 0 amide bonds. The molecule has 2 rings (SSSR count). The zero-order valence-electron chi connectivity index (χ0n) is 19.2. The molecule has 0 bridgehead atoms. The average Bonchev–Trinajstić information content (AvgIpc) is 2.78. The van der Waals surface area contributed by atoms with Crippen molar-refractivity contribution >= 4 is 29.8 Å². The van der Waals surface area contributed by atoms with Gasteiger partial charge in [0.25, 0.3) is 0 Å². The predicted octanol–water partition coefficient (Wildman–Crippen LogP) is 5.03. The lowest BCUT2D eigenvalue weighted by molar-refractivity contribution is -0.132. The molecule has 0 aromatic heterocycles. The van der Waals surface area contributed by atoms with Crippen molar-refractivity contribution in [3.63, 3.8) is 0 Å². The summed E-state index contributed by atoms with van der Waals surface area (Å²) < 4.78 is 15.6. The summed E-state index contributed by atoms with van der Waals surface area (Å²) in [7, 11) is 0. The normalized spacial score (nSPS) is 10.3. The van der Waals surface area contributed by atoms with Gasteiger partial charge in [-0.15, -0.1) is 0 Å². The Morgan fingerprint density at radius 1 is 0.676 bits per heavy atom. The van der Waals surface area contributed by atoms with Crippen LogP contribution < -0.4 is 14.2 Å². The second kappa shape index (κ2) is 11.4. The van der Waals surface area contributed by atoms with Crippen LogP contribution >= 0.6 is 0 Å². The first kappa shape index (κ1) is 25.7. The van der Waals surface area contributed by atoms with Gasteiger partial charge in [-0.25, -0.2) is 14.4 Å². The standard InChI is InChI=1S/C27H24O7/c1-16(2)25(29)32-21-11-9-20(10-12-21)22(28)13-7-19-8-14-23(33-26(30)17(3)4)24(15-19)34-27(31)18(5)6/h7-15H,1,3,5H2,2,4,6H3/b13-7+. The Morgan fingerprint density at radius 3 is 1.71 bits per heavy atom. The first-order valence-corrected chi connectivity index (χ1v) is 10.1. The molecule has 0 aliphatic carbocycles. The molecule has 34 heavy (non-hydrogen) atoms. The number of hydrogen-bond donors (Lipinski definition) is 0. The minimum absolute atomic E-state index is 0.0131. The van der Waals surface area contributed by atoms with Gasteiger partial charge in [0.15, 0.2) is 17.3 Å². The van der Waals surface area contributed by atoms with Gasteiger partial charge in [-0.3, -0.25) is 4.79 Å². The summed E-state index contributed by atoms with van der Waals surface area (Å²) in [6, 6.07) is 10.5. The van der Waals surface area contributed by atoms with Gasteiger partial charge in [-0.2, -0.15) is 0 Å². The highest BCUT2D eigenvalue weighted by Gasteiger charge is 2.15. The van der Waals surface area contributed by atoms with Crippen molar-refractivity contribution in [3.05, 3.63) is 96.1 Å². The number of allylic oxidation sites excluding steroid dienone is 1. The van der Waals surface area contributed by atoms with E-state index in [1.165, 1.54) is 69.3 Å². The Labute approximate surface area is 197 Å². The topological polar surface area (TPSA) is 96.0 Å². The lowest BCUT2D eigenvalue weighted by Gasteiger charge is -2.11. The molecule has 0 atom stereocenters. The van der Waals surface area contributed by atoms with Gasteiger partial charge in [0.2, 0.25) is 0 Å². The molecule has 174 valence electrons. The van der Waals surface area contributed by atoms with Crippen LogP contribution in [0.25, 0.3) is 6.08 Å². The number of ether oxygens (including phenoxy) is 3. The predicted molar refractivity (Wildman–Crippen MR) is 128 cm³/mol. The van der Waals surface area contributed by atoms with Gasteiger partial charge in [-0.1, -0.05) is 31.9 Å². The lowest BCUT2D eigenvalue weighted by atomic mass is 10.1. The van der Waals surface area contributed by atoms with Crippen LogP contribution in [-0.4, -0.2) is 23.7 Å². The average molecular weight is 460 g/mol. The summed E-state index contributed by atoms with van der Waals surface area (Å²) in [6.07, 6.45) is 2.84. The van der Waals surface area contributed by atoms with Crippen LogP contribution in [-0.2, 0) is 14.4 Å². The molecule has 7 nitrogen and oxygen atoms in total. The molecule has 0 spiro atoms. The van der Waals surface area contributed by atoms with Crippen LogP contribution in [0.15, 0.2) is 85.0 Å². The van der Waals surface area contributed by atoms with E-state index in [-0.39, 0.29) is 39.8 Å². The molecule has 2 aromatic carbocycles. The highest BCUT2D eigenvalue weighted by molar-refractivity contribution is 6.07. The molecule has 0 radical (unpaired) electrons. The molecular formula is C27H24O7. The molecule has 0 N–H and O–H groups in total. The maximum atomic E-state index is 12.5. The number of carbonyl (C=O) groups excluding carboxylic acids is 4. The van der Waals surface area contributed by atoms with E-state index < -0.39 is 17.9 Å². The fourth-order valence-electron chi connectivity index (χ4n) is 2.32. The van der Waals surface area contributed by atoms with E-state index in [4.69, 9.17) is 14.2 Å². The molecule has 0 heterocycles. The maximum Gasteiger partial charge on any atom is 0.338 e. The van der Waals surface area contributed by atoms with E-state index in [9.17, 15) is 19.2 Å². The van der Waals surface area contributed by atoms with E-state index in [1.54, 1.807) is 6.07 Å². The van der Waals surface area contributed by atoms with Crippen LogP contribution in [0.1, 0.15) is 36.7 Å². The fraction of sp³-hybridized carbons (Fsp3) is 0.111. The van der Waals surface area contributed by atoms with Crippen molar-refractivity contribution in [1.82, 2.24) is 0 Å². The van der Waals surface area contributed by atoms with Gasteiger partial charge in [0, 0.05) is 22.3 Å². The number of carbonyl (C=O) groups is 4. The van der Waals surface area contributed by atoms with Gasteiger partial charge >= 0.3 is 17.9 Å².